The van der Waals surface area contributed by atoms with Crippen LogP contribution in [0.15, 0.2) is 64.1 Å². The largest absolute Gasteiger partial charge is 0.393 e. The van der Waals surface area contributed by atoms with Gasteiger partial charge in [0.25, 0.3) is 5.91 Å². The molecule has 0 aliphatic heterocycles. The van der Waals surface area contributed by atoms with Gasteiger partial charge in [0.05, 0.1) is 16.7 Å². The molecule has 1 aromatic carbocycles. The number of aryl methyl sites for hydroxylation is 1. The number of allylic oxidation sites excluding steroid dienone is 1. The molecule has 2 rings (SSSR count). The molecule has 0 saturated heterocycles. The number of rotatable bonds is 13. The minimum atomic E-state index is -0.405. The molecule has 10 heteroatoms. The quantitative estimate of drug-likeness (QED) is 0.131. The highest BCUT2D eigenvalue weighted by molar-refractivity contribution is 7.99. The lowest BCUT2D eigenvalue weighted by Gasteiger charge is -2.14. The molecule has 1 atom stereocenters. The first kappa shape index (κ1) is 32.2. The van der Waals surface area contributed by atoms with Crippen LogP contribution in [0.4, 0.5) is 0 Å². The van der Waals surface area contributed by atoms with Gasteiger partial charge in [-0.3, -0.25) is 9.59 Å². The van der Waals surface area contributed by atoms with Crippen LogP contribution in [0.1, 0.15) is 41.8 Å². The predicted molar refractivity (Wildman–Crippen MR) is 157 cm³/mol. The zero-order valence-corrected chi connectivity index (χ0v) is 23.5. The molecular weight excluding hydrogens is 510 g/mol. The Morgan fingerprint density at radius 3 is 2.62 bits per heavy atom. The maximum absolute atomic E-state index is 12.8. The van der Waals surface area contributed by atoms with Crippen LogP contribution in [-0.2, 0) is 13.6 Å². The molecular formula is C27H38ClN5O3S. The number of nitrogens with one attached hydrogen (secondary N) is 3. The maximum atomic E-state index is 12.8. The summed E-state index contributed by atoms with van der Waals surface area (Å²) < 4.78 is 1.81. The summed E-state index contributed by atoms with van der Waals surface area (Å²) in [5.41, 5.74) is 3.78. The van der Waals surface area contributed by atoms with Gasteiger partial charge in [0.2, 0.25) is 5.43 Å². The van der Waals surface area contributed by atoms with Crippen molar-refractivity contribution in [3.8, 4) is 0 Å². The highest BCUT2D eigenvalue weighted by atomic mass is 35.5. The molecule has 0 aliphatic carbocycles. The number of nitrogens with zero attached hydrogens (tertiary/aromatic N) is 2. The Morgan fingerprint density at radius 2 is 2.03 bits per heavy atom. The normalized spacial score (nSPS) is 11.7. The summed E-state index contributed by atoms with van der Waals surface area (Å²) in [5.74, 6) is 0.419. The van der Waals surface area contributed by atoms with Crippen LogP contribution in [0.25, 0.3) is 6.08 Å². The molecule has 0 fully saturated rings. The molecule has 2 aromatic rings. The second-order valence-corrected chi connectivity index (χ2v) is 9.45. The van der Waals surface area contributed by atoms with Gasteiger partial charge in [-0.2, -0.15) is 5.10 Å². The van der Waals surface area contributed by atoms with Crippen LogP contribution in [-0.4, -0.2) is 53.8 Å². The first-order valence-electron chi connectivity index (χ1n) is 12.0. The van der Waals surface area contributed by atoms with E-state index in [0.29, 0.717) is 23.6 Å². The van der Waals surface area contributed by atoms with Crippen molar-refractivity contribution in [2.45, 2.75) is 37.9 Å². The number of carbonyl (C=O) groups excluding carboxylic acids is 1. The first-order valence-corrected chi connectivity index (χ1v) is 13.4. The van der Waals surface area contributed by atoms with E-state index in [2.05, 4.69) is 27.7 Å². The van der Waals surface area contributed by atoms with Crippen molar-refractivity contribution < 1.29 is 9.90 Å². The van der Waals surface area contributed by atoms with Gasteiger partial charge in [0, 0.05) is 50.4 Å². The minimum absolute atomic E-state index is 0.109. The molecule has 0 radical (unpaired) electrons. The number of carbonyl (C=O) groups is 1. The number of hydrogen-bond donors (Lipinski definition) is 4. The Balaban J connectivity index is 0.000000580. The van der Waals surface area contributed by atoms with Crippen LogP contribution in [0, 0.1) is 0 Å². The number of amides is 1. The molecule has 1 amide bonds. The number of aliphatic hydroxyl groups excluding tert-OH is 1. The van der Waals surface area contributed by atoms with E-state index < -0.39 is 5.91 Å². The van der Waals surface area contributed by atoms with Crippen molar-refractivity contribution in [3.63, 3.8) is 0 Å². The molecule has 1 aromatic heterocycles. The molecule has 1 heterocycles. The van der Waals surface area contributed by atoms with Crippen molar-refractivity contribution >= 4 is 41.6 Å². The standard InChI is InChI=1S/C20H24ClN3O2S.C7H14N2O/c1-4-16-18(25)17(13-24(3)20(16)27-11-10-22-5-2)19(26)23-12-14-6-8-15(21)9-7-14;1-7(10)5-3-4-6-9-8-2/h4,6-9,13,22H,1,5,10-12H2,2-3H3,(H,23,26);3-4,6-8,10H,5H2,1-2H3/b;4-3-,9-6-. The van der Waals surface area contributed by atoms with Crippen molar-refractivity contribution in [3.05, 3.63) is 81.1 Å². The Bertz CT molecular complexity index is 1100. The fraction of sp³-hybridized carbons (Fsp3) is 0.370. The van der Waals surface area contributed by atoms with Gasteiger partial charge in [-0.25, -0.2) is 0 Å². The topological polar surface area (TPSA) is 108 Å². The zero-order valence-electron chi connectivity index (χ0n) is 22.0. The van der Waals surface area contributed by atoms with E-state index in [0.717, 1.165) is 29.4 Å². The van der Waals surface area contributed by atoms with E-state index in [1.165, 1.54) is 6.08 Å². The third-order valence-corrected chi connectivity index (χ3v) is 6.29. The Morgan fingerprint density at radius 1 is 1.32 bits per heavy atom. The van der Waals surface area contributed by atoms with Crippen molar-refractivity contribution in [2.75, 3.05) is 25.9 Å². The molecule has 1 unspecified atom stereocenters. The molecule has 0 saturated carbocycles. The molecule has 8 nitrogen and oxygen atoms in total. The number of pyridine rings is 1. The monoisotopic (exact) mass is 547 g/mol. The van der Waals surface area contributed by atoms with Crippen molar-refractivity contribution in [2.24, 2.45) is 12.1 Å². The number of hydrogen-bond acceptors (Lipinski definition) is 7. The lowest BCUT2D eigenvalue weighted by molar-refractivity contribution is 0.0948. The third kappa shape index (κ3) is 12.3. The summed E-state index contributed by atoms with van der Waals surface area (Å²) in [6.45, 7) is 9.62. The second-order valence-electron chi connectivity index (χ2n) is 7.93. The fourth-order valence-electron chi connectivity index (χ4n) is 2.99. The lowest BCUT2D eigenvalue weighted by atomic mass is 10.1. The average Bonchev–Trinajstić information content (AvgIpc) is 2.88. The molecule has 0 bridgehead atoms. The summed E-state index contributed by atoms with van der Waals surface area (Å²) >= 11 is 7.43. The third-order valence-electron chi connectivity index (χ3n) is 4.85. The van der Waals surface area contributed by atoms with Gasteiger partial charge in [-0.1, -0.05) is 49.4 Å². The number of aromatic nitrogens is 1. The highest BCUT2D eigenvalue weighted by Crippen LogP contribution is 2.21. The first-order chi connectivity index (χ1) is 17.7. The van der Waals surface area contributed by atoms with E-state index in [4.69, 9.17) is 16.7 Å². The van der Waals surface area contributed by atoms with Gasteiger partial charge in [-0.05, 0) is 43.7 Å². The van der Waals surface area contributed by atoms with Crippen LogP contribution < -0.4 is 21.5 Å². The summed E-state index contributed by atoms with van der Waals surface area (Å²) in [6, 6.07) is 7.19. The summed E-state index contributed by atoms with van der Waals surface area (Å²) in [7, 11) is 3.57. The Hall–Kier alpha value is -2.85. The van der Waals surface area contributed by atoms with E-state index in [-0.39, 0.29) is 17.1 Å². The average molecular weight is 548 g/mol. The van der Waals surface area contributed by atoms with Crippen LogP contribution in [0.2, 0.25) is 5.02 Å². The van der Waals surface area contributed by atoms with Crippen molar-refractivity contribution in [1.82, 2.24) is 20.6 Å². The van der Waals surface area contributed by atoms with E-state index in [9.17, 15) is 9.59 Å². The number of hydrazone groups is 1. The predicted octanol–water partition coefficient (Wildman–Crippen LogP) is 3.83. The SMILES string of the molecule is C=Cc1c(SCCNCC)n(C)cc(C(=O)NCc2ccc(Cl)cc2)c1=O.CN/N=C\C=C/CC(C)O. The summed E-state index contributed by atoms with van der Waals surface area (Å²) in [5, 5.41) is 20.0. The molecule has 37 heavy (non-hydrogen) atoms. The van der Waals surface area contributed by atoms with Gasteiger partial charge < -0.3 is 25.7 Å². The summed E-state index contributed by atoms with van der Waals surface area (Å²) in [4.78, 5) is 25.3. The highest BCUT2D eigenvalue weighted by Gasteiger charge is 2.17. The van der Waals surface area contributed by atoms with E-state index in [1.807, 2.05) is 36.7 Å². The van der Waals surface area contributed by atoms with E-state index >= 15 is 0 Å². The molecule has 0 spiro atoms. The van der Waals surface area contributed by atoms with Crippen LogP contribution in [0.5, 0.6) is 0 Å². The molecule has 0 aliphatic rings. The Kier molecular flexibility index (Phi) is 16.0. The van der Waals surface area contributed by atoms with Gasteiger partial charge in [0.1, 0.15) is 5.56 Å². The number of thioether (sulfide) groups is 1. The lowest BCUT2D eigenvalue weighted by Crippen LogP contribution is -2.30. The number of benzene rings is 1. The van der Waals surface area contributed by atoms with Gasteiger partial charge in [0.15, 0.2) is 0 Å². The van der Waals surface area contributed by atoms with Crippen LogP contribution >= 0.6 is 23.4 Å². The van der Waals surface area contributed by atoms with Crippen LogP contribution in [0.3, 0.4) is 0 Å². The number of halogens is 1. The molecule has 202 valence electrons. The van der Waals surface area contributed by atoms with E-state index in [1.54, 1.807) is 56.4 Å². The zero-order chi connectivity index (χ0) is 27.6. The Labute approximate surface area is 228 Å². The van der Waals surface area contributed by atoms with Crippen molar-refractivity contribution in [1.29, 1.82) is 0 Å². The maximum Gasteiger partial charge on any atom is 0.257 e. The summed E-state index contributed by atoms with van der Waals surface area (Å²) in [6.07, 6.45) is 8.82. The minimum Gasteiger partial charge on any atom is -0.393 e. The molecule has 4 N–H and O–H groups in total. The second kappa shape index (κ2) is 18.4. The number of aliphatic hydroxyl groups is 1. The smallest absolute Gasteiger partial charge is 0.257 e. The van der Waals surface area contributed by atoms with Gasteiger partial charge >= 0.3 is 0 Å². The van der Waals surface area contributed by atoms with Gasteiger partial charge in [-0.15, -0.1) is 11.8 Å². The fourth-order valence-corrected chi connectivity index (χ4v) is 4.15.